The number of hydrogen-bond donors (Lipinski definition) is 0. The Balaban J connectivity index is 2.01. The van der Waals surface area contributed by atoms with Crippen LogP contribution in [0.1, 0.15) is 36.2 Å². The summed E-state index contributed by atoms with van der Waals surface area (Å²) in [4.78, 5) is 13.4. The molecule has 0 bridgehead atoms. The topological polar surface area (TPSA) is 26.3 Å². The summed E-state index contributed by atoms with van der Waals surface area (Å²) in [5.74, 6) is 1.93. The SMILES string of the molecule is CCCSc1ccc(C(=O)/C=C/c2cccc(OCC)c2)cc1. The Morgan fingerprint density at radius 2 is 1.91 bits per heavy atom. The summed E-state index contributed by atoms with van der Waals surface area (Å²) in [6, 6.07) is 15.5. The second-order valence-corrected chi connectivity index (χ2v) is 6.24. The average molecular weight is 326 g/mol. The van der Waals surface area contributed by atoms with Crippen LogP contribution < -0.4 is 4.74 Å². The molecule has 0 amide bonds. The van der Waals surface area contributed by atoms with Gasteiger partial charge in [-0.05, 0) is 67.1 Å². The quantitative estimate of drug-likeness (QED) is 0.365. The Morgan fingerprint density at radius 3 is 2.61 bits per heavy atom. The molecule has 0 N–H and O–H groups in total. The largest absolute Gasteiger partial charge is 0.494 e. The molecule has 2 rings (SSSR count). The van der Waals surface area contributed by atoms with Crippen molar-refractivity contribution in [2.24, 2.45) is 0 Å². The summed E-state index contributed by atoms with van der Waals surface area (Å²) in [7, 11) is 0. The Bertz CT molecular complexity index is 660. The lowest BCUT2D eigenvalue weighted by Gasteiger charge is -2.03. The first-order valence-electron chi connectivity index (χ1n) is 7.91. The minimum Gasteiger partial charge on any atom is -0.494 e. The van der Waals surface area contributed by atoms with Crippen LogP contribution in [0.25, 0.3) is 6.08 Å². The van der Waals surface area contributed by atoms with E-state index in [1.54, 1.807) is 6.08 Å². The molecule has 0 unspecified atom stereocenters. The van der Waals surface area contributed by atoms with Crippen LogP contribution >= 0.6 is 11.8 Å². The zero-order chi connectivity index (χ0) is 16.5. The van der Waals surface area contributed by atoms with Gasteiger partial charge in [0.05, 0.1) is 6.61 Å². The minimum absolute atomic E-state index is 0.0128. The van der Waals surface area contributed by atoms with Crippen LogP contribution in [0.15, 0.2) is 59.5 Å². The molecule has 23 heavy (non-hydrogen) atoms. The Kier molecular flexibility index (Phi) is 6.95. The maximum Gasteiger partial charge on any atom is 0.185 e. The van der Waals surface area contributed by atoms with E-state index in [0.29, 0.717) is 12.2 Å². The third-order valence-electron chi connectivity index (χ3n) is 3.21. The van der Waals surface area contributed by atoms with Gasteiger partial charge in [0.2, 0.25) is 0 Å². The van der Waals surface area contributed by atoms with Crippen LogP contribution in [0.5, 0.6) is 5.75 Å². The van der Waals surface area contributed by atoms with E-state index in [2.05, 4.69) is 6.92 Å². The second kappa shape index (κ2) is 9.21. The van der Waals surface area contributed by atoms with Crippen molar-refractivity contribution in [2.75, 3.05) is 12.4 Å². The number of thioether (sulfide) groups is 1. The van der Waals surface area contributed by atoms with E-state index in [1.807, 2.05) is 73.3 Å². The van der Waals surface area contributed by atoms with Crippen molar-refractivity contribution in [2.45, 2.75) is 25.2 Å². The van der Waals surface area contributed by atoms with E-state index < -0.39 is 0 Å². The molecule has 0 saturated carbocycles. The highest BCUT2D eigenvalue weighted by molar-refractivity contribution is 7.99. The van der Waals surface area contributed by atoms with Crippen LogP contribution in [-0.4, -0.2) is 18.1 Å². The lowest BCUT2D eigenvalue weighted by molar-refractivity contribution is 0.104. The van der Waals surface area contributed by atoms with Crippen LogP contribution in [0.4, 0.5) is 0 Å². The Labute approximate surface area is 142 Å². The van der Waals surface area contributed by atoms with Gasteiger partial charge in [-0.1, -0.05) is 25.1 Å². The van der Waals surface area contributed by atoms with Gasteiger partial charge in [0, 0.05) is 10.5 Å². The Morgan fingerprint density at radius 1 is 1.13 bits per heavy atom. The molecule has 0 aliphatic heterocycles. The smallest absolute Gasteiger partial charge is 0.185 e. The third kappa shape index (κ3) is 5.61. The third-order valence-corrected chi connectivity index (χ3v) is 4.43. The first kappa shape index (κ1) is 17.4. The number of hydrogen-bond acceptors (Lipinski definition) is 3. The first-order chi connectivity index (χ1) is 11.2. The number of rotatable bonds is 8. The van der Waals surface area contributed by atoms with Gasteiger partial charge in [0.1, 0.15) is 5.75 Å². The molecule has 3 heteroatoms. The van der Waals surface area contributed by atoms with Crippen molar-refractivity contribution < 1.29 is 9.53 Å². The highest BCUT2D eigenvalue weighted by Gasteiger charge is 2.02. The Hall–Kier alpha value is -2.00. The maximum atomic E-state index is 12.2. The van der Waals surface area contributed by atoms with Gasteiger partial charge < -0.3 is 4.74 Å². The van der Waals surface area contributed by atoms with Crippen molar-refractivity contribution in [1.82, 2.24) is 0 Å². The molecular weight excluding hydrogens is 304 g/mol. The van der Waals surface area contributed by atoms with Crippen molar-refractivity contribution in [1.29, 1.82) is 0 Å². The molecule has 2 aromatic carbocycles. The van der Waals surface area contributed by atoms with Crippen LogP contribution in [0.2, 0.25) is 0 Å². The van der Waals surface area contributed by atoms with Gasteiger partial charge in [0.15, 0.2) is 5.78 Å². The first-order valence-corrected chi connectivity index (χ1v) is 8.89. The lowest BCUT2D eigenvalue weighted by Crippen LogP contribution is -1.94. The highest BCUT2D eigenvalue weighted by Crippen LogP contribution is 2.20. The number of ether oxygens (including phenoxy) is 1. The summed E-state index contributed by atoms with van der Waals surface area (Å²) in [5.41, 5.74) is 1.67. The number of benzene rings is 2. The number of ketones is 1. The monoisotopic (exact) mass is 326 g/mol. The van der Waals surface area contributed by atoms with E-state index in [-0.39, 0.29) is 5.78 Å². The van der Waals surface area contributed by atoms with E-state index in [0.717, 1.165) is 23.5 Å². The predicted molar refractivity (Wildman–Crippen MR) is 98.4 cm³/mol. The van der Waals surface area contributed by atoms with E-state index in [9.17, 15) is 4.79 Å². The number of carbonyl (C=O) groups is 1. The van der Waals surface area contributed by atoms with Crippen molar-refractivity contribution in [3.63, 3.8) is 0 Å². The minimum atomic E-state index is 0.0128. The fraction of sp³-hybridized carbons (Fsp3) is 0.250. The molecule has 0 aromatic heterocycles. The van der Waals surface area contributed by atoms with Gasteiger partial charge in [-0.2, -0.15) is 0 Å². The fourth-order valence-corrected chi connectivity index (χ4v) is 2.85. The molecule has 2 nitrogen and oxygen atoms in total. The second-order valence-electron chi connectivity index (χ2n) is 5.08. The average Bonchev–Trinajstić information content (AvgIpc) is 2.59. The number of carbonyl (C=O) groups excluding carboxylic acids is 1. The molecule has 0 atom stereocenters. The highest BCUT2D eigenvalue weighted by atomic mass is 32.2. The zero-order valence-electron chi connectivity index (χ0n) is 13.6. The molecular formula is C20H22O2S. The van der Waals surface area contributed by atoms with E-state index in [4.69, 9.17) is 4.74 Å². The molecule has 0 aliphatic rings. The molecule has 0 fully saturated rings. The van der Waals surface area contributed by atoms with Crippen molar-refractivity contribution >= 4 is 23.6 Å². The van der Waals surface area contributed by atoms with Gasteiger partial charge in [-0.15, -0.1) is 11.8 Å². The normalized spacial score (nSPS) is 10.9. The van der Waals surface area contributed by atoms with Gasteiger partial charge in [-0.3, -0.25) is 4.79 Å². The molecule has 0 radical (unpaired) electrons. The summed E-state index contributed by atoms with van der Waals surface area (Å²) >= 11 is 1.81. The van der Waals surface area contributed by atoms with E-state index in [1.165, 1.54) is 4.90 Å². The van der Waals surface area contributed by atoms with E-state index >= 15 is 0 Å². The number of allylic oxidation sites excluding steroid dienone is 1. The summed E-state index contributed by atoms with van der Waals surface area (Å²) < 4.78 is 5.46. The standard InChI is InChI=1S/C20H22O2S/c1-3-14-23-19-11-9-17(10-12-19)20(21)13-8-16-6-5-7-18(15-16)22-4-2/h5-13,15H,3-4,14H2,1-2H3/b13-8+. The predicted octanol–water partition coefficient (Wildman–Crippen LogP) is 5.48. The molecule has 120 valence electrons. The lowest BCUT2D eigenvalue weighted by atomic mass is 10.1. The molecule has 0 aliphatic carbocycles. The summed E-state index contributed by atoms with van der Waals surface area (Å²) in [6.07, 6.45) is 4.58. The molecule has 0 saturated heterocycles. The van der Waals surface area contributed by atoms with Gasteiger partial charge in [0.25, 0.3) is 0 Å². The van der Waals surface area contributed by atoms with Crippen LogP contribution in [0.3, 0.4) is 0 Å². The summed E-state index contributed by atoms with van der Waals surface area (Å²) in [5, 5.41) is 0. The maximum absolute atomic E-state index is 12.2. The summed E-state index contributed by atoms with van der Waals surface area (Å²) in [6.45, 7) is 4.75. The molecule has 0 heterocycles. The zero-order valence-corrected chi connectivity index (χ0v) is 14.4. The van der Waals surface area contributed by atoms with Crippen LogP contribution in [-0.2, 0) is 0 Å². The van der Waals surface area contributed by atoms with Crippen LogP contribution in [0, 0.1) is 0 Å². The molecule has 2 aromatic rings. The van der Waals surface area contributed by atoms with Crippen molar-refractivity contribution in [3.8, 4) is 5.75 Å². The molecule has 0 spiro atoms. The van der Waals surface area contributed by atoms with Gasteiger partial charge >= 0.3 is 0 Å². The fourth-order valence-electron chi connectivity index (χ4n) is 2.08. The van der Waals surface area contributed by atoms with Crippen molar-refractivity contribution in [3.05, 3.63) is 65.7 Å². The van der Waals surface area contributed by atoms with Gasteiger partial charge in [-0.25, -0.2) is 0 Å².